The van der Waals surface area contributed by atoms with Crippen molar-refractivity contribution in [3.63, 3.8) is 0 Å². The minimum atomic E-state index is -0.960. The molecule has 282 valence electrons. The number of carbonyl (C=O) groups is 5. The lowest BCUT2D eigenvalue weighted by Crippen LogP contribution is -2.58. The Morgan fingerprint density at radius 2 is 1.58 bits per heavy atom. The molecule has 2 saturated carbocycles. The Hall–Kier alpha value is -5.25. The van der Waals surface area contributed by atoms with E-state index in [1.54, 1.807) is 18.2 Å². The minimum absolute atomic E-state index is 0.0401. The van der Waals surface area contributed by atoms with Gasteiger partial charge < -0.3 is 15.0 Å². The topological polar surface area (TPSA) is 152 Å². The van der Waals surface area contributed by atoms with Crippen molar-refractivity contribution in [1.82, 2.24) is 20.4 Å². The Kier molecular flexibility index (Phi) is 8.89. The quantitative estimate of drug-likeness (QED) is 0.304. The second kappa shape index (κ2) is 13.8. The number of hydrogen-bond donors (Lipinski definition) is 2. The first-order chi connectivity index (χ1) is 26.5. The number of rotatable bonds is 8. The molecule has 6 aliphatic rings. The van der Waals surface area contributed by atoms with Crippen molar-refractivity contribution in [3.05, 3.63) is 93.0 Å². The number of anilines is 1. The zero-order valence-corrected chi connectivity index (χ0v) is 31.1. The molecule has 0 bridgehead atoms. The Morgan fingerprint density at radius 1 is 0.909 bits per heavy atom. The molecule has 12 nitrogen and oxygen atoms in total. The number of amides is 5. The molecule has 4 fully saturated rings. The van der Waals surface area contributed by atoms with Crippen LogP contribution in [0.4, 0.5) is 5.69 Å². The Morgan fingerprint density at radius 3 is 2.20 bits per heavy atom. The Bertz CT molecular complexity index is 2120. The van der Waals surface area contributed by atoms with Crippen LogP contribution in [0.5, 0.6) is 5.75 Å². The van der Waals surface area contributed by atoms with Gasteiger partial charge in [-0.25, -0.2) is 0 Å². The third-order valence-corrected chi connectivity index (χ3v) is 12.9. The van der Waals surface area contributed by atoms with E-state index in [9.17, 15) is 24.0 Å². The second-order valence-corrected chi connectivity index (χ2v) is 16.6. The van der Waals surface area contributed by atoms with E-state index in [-0.39, 0.29) is 42.2 Å². The maximum atomic E-state index is 13.3. The summed E-state index contributed by atoms with van der Waals surface area (Å²) in [5.41, 5.74) is 5.21. The molecule has 1 unspecified atom stereocenters. The van der Waals surface area contributed by atoms with Gasteiger partial charge in [-0.1, -0.05) is 11.6 Å². The van der Waals surface area contributed by atoms with Gasteiger partial charge in [-0.05, 0) is 116 Å². The second-order valence-electron chi connectivity index (χ2n) is 16.2. The highest BCUT2D eigenvalue weighted by molar-refractivity contribution is 6.31. The van der Waals surface area contributed by atoms with E-state index in [0.717, 1.165) is 79.9 Å². The van der Waals surface area contributed by atoms with Crippen LogP contribution in [-0.4, -0.2) is 77.2 Å². The molecule has 2 aliphatic carbocycles. The number of benzene rings is 3. The predicted octanol–water partition coefficient (Wildman–Crippen LogP) is 4.97. The summed E-state index contributed by atoms with van der Waals surface area (Å²) in [5.74, 6) is -0.756. The van der Waals surface area contributed by atoms with Crippen LogP contribution in [-0.2, 0) is 22.7 Å². The van der Waals surface area contributed by atoms with Crippen molar-refractivity contribution < 1.29 is 28.7 Å². The van der Waals surface area contributed by atoms with Crippen LogP contribution in [0.25, 0.3) is 0 Å². The molecular formula is C42H41ClN6O6. The number of nitrogens with zero attached hydrogens (tertiary/aromatic N) is 4. The standard InChI is InChI=1S/C42H41ClN6O6/c43-35-15-31(6-3-26(35)20-44)55-32-18-42(19-32)16-29(17-42)45-38(51)25-1-4-30(5-2-25)48-11-9-24(10-12-48)21-47-22-27-13-33-34(14-28(27)23-47)41(54)49(40(33)53)36-7-8-37(50)46-39(36)52/h1-6,13-15,24,29,32,36H,7-12,16-19,21-23H2,(H,45,51)(H,46,50,52). The monoisotopic (exact) mass is 760 g/mol. The third kappa shape index (κ3) is 6.63. The molecule has 4 aliphatic heterocycles. The lowest BCUT2D eigenvalue weighted by atomic mass is 9.53. The number of fused-ring (bicyclic) bond motifs is 2. The summed E-state index contributed by atoms with van der Waals surface area (Å²) in [7, 11) is 0. The van der Waals surface area contributed by atoms with Crippen LogP contribution >= 0.6 is 11.6 Å². The van der Waals surface area contributed by atoms with Gasteiger partial charge in [0, 0.05) is 62.5 Å². The molecule has 1 spiro atoms. The molecule has 4 heterocycles. The smallest absolute Gasteiger partial charge is 0.262 e. The van der Waals surface area contributed by atoms with E-state index in [2.05, 4.69) is 26.5 Å². The van der Waals surface area contributed by atoms with Crippen molar-refractivity contribution in [2.75, 3.05) is 24.5 Å². The Balaban J connectivity index is 0.711. The van der Waals surface area contributed by atoms with Crippen molar-refractivity contribution in [3.8, 4) is 11.8 Å². The first-order valence-corrected chi connectivity index (χ1v) is 19.5. The van der Waals surface area contributed by atoms with Crippen LogP contribution in [0.2, 0.25) is 5.02 Å². The van der Waals surface area contributed by atoms with Crippen LogP contribution < -0.4 is 20.3 Å². The van der Waals surface area contributed by atoms with Crippen molar-refractivity contribution in [2.45, 2.75) is 82.6 Å². The summed E-state index contributed by atoms with van der Waals surface area (Å²) in [5, 5.41) is 14.9. The average Bonchev–Trinajstić information content (AvgIpc) is 3.65. The number of halogens is 1. The summed E-state index contributed by atoms with van der Waals surface area (Å²) < 4.78 is 6.07. The highest BCUT2D eigenvalue weighted by Crippen LogP contribution is 2.57. The number of hydrogen-bond acceptors (Lipinski definition) is 9. The summed E-state index contributed by atoms with van der Waals surface area (Å²) >= 11 is 6.14. The van der Waals surface area contributed by atoms with Crippen molar-refractivity contribution in [1.29, 1.82) is 5.26 Å². The van der Waals surface area contributed by atoms with Gasteiger partial charge in [-0.3, -0.25) is 39.1 Å². The molecule has 2 saturated heterocycles. The molecule has 3 aromatic rings. The number of nitriles is 1. The molecule has 2 N–H and O–H groups in total. The Labute approximate surface area is 323 Å². The van der Waals surface area contributed by atoms with E-state index >= 15 is 0 Å². The van der Waals surface area contributed by atoms with Crippen LogP contribution in [0.15, 0.2) is 54.6 Å². The molecule has 1 atom stereocenters. The van der Waals surface area contributed by atoms with Crippen molar-refractivity contribution >= 4 is 46.8 Å². The van der Waals surface area contributed by atoms with Gasteiger partial charge in [0.05, 0.1) is 27.8 Å². The van der Waals surface area contributed by atoms with Gasteiger partial charge in [0.2, 0.25) is 11.8 Å². The first kappa shape index (κ1) is 35.5. The molecule has 3 aromatic carbocycles. The van der Waals surface area contributed by atoms with E-state index in [4.69, 9.17) is 21.6 Å². The molecule has 9 rings (SSSR count). The molecule has 13 heteroatoms. The summed E-state index contributed by atoms with van der Waals surface area (Å²) in [4.78, 5) is 69.5. The molecule has 55 heavy (non-hydrogen) atoms. The van der Waals surface area contributed by atoms with Gasteiger partial charge in [-0.15, -0.1) is 0 Å². The van der Waals surface area contributed by atoms with E-state index in [1.807, 2.05) is 36.4 Å². The average molecular weight is 761 g/mol. The number of nitrogens with one attached hydrogen (secondary N) is 2. The molecule has 0 aromatic heterocycles. The molecule has 5 amide bonds. The summed E-state index contributed by atoms with van der Waals surface area (Å²) in [6.45, 7) is 4.20. The zero-order chi connectivity index (χ0) is 38.0. The van der Waals surface area contributed by atoms with E-state index in [0.29, 0.717) is 52.0 Å². The lowest BCUT2D eigenvalue weighted by Gasteiger charge is -2.57. The summed E-state index contributed by atoms with van der Waals surface area (Å²) in [6.07, 6.45) is 6.27. The van der Waals surface area contributed by atoms with Gasteiger partial charge in [-0.2, -0.15) is 5.26 Å². The highest BCUT2D eigenvalue weighted by Gasteiger charge is 2.54. The van der Waals surface area contributed by atoms with Crippen LogP contribution in [0.1, 0.15) is 99.1 Å². The third-order valence-electron chi connectivity index (χ3n) is 12.6. The number of ether oxygens (including phenoxy) is 1. The van der Waals surface area contributed by atoms with E-state index < -0.39 is 23.8 Å². The maximum Gasteiger partial charge on any atom is 0.262 e. The maximum absolute atomic E-state index is 13.3. The van der Waals surface area contributed by atoms with E-state index in [1.165, 1.54) is 0 Å². The number of imide groups is 2. The predicted molar refractivity (Wildman–Crippen MR) is 201 cm³/mol. The van der Waals surface area contributed by atoms with Gasteiger partial charge in [0.1, 0.15) is 17.9 Å². The van der Waals surface area contributed by atoms with Gasteiger partial charge in [0.15, 0.2) is 0 Å². The van der Waals surface area contributed by atoms with Gasteiger partial charge in [0.25, 0.3) is 17.7 Å². The molecule has 0 radical (unpaired) electrons. The SMILES string of the molecule is N#Cc1ccc(OC2CC3(CC(NC(=O)c4ccc(N5CCC(CN6Cc7cc8c(cc7C6)C(=O)N(C6CCC(=O)NC6=O)C8=O)CC5)cc4)C3)C2)cc1Cl. The molecular weight excluding hydrogens is 720 g/mol. The lowest BCUT2D eigenvalue weighted by molar-refractivity contribution is -0.136. The fourth-order valence-electron chi connectivity index (χ4n) is 9.66. The van der Waals surface area contributed by atoms with Gasteiger partial charge >= 0.3 is 0 Å². The summed E-state index contributed by atoms with van der Waals surface area (Å²) in [6, 6.07) is 18.0. The first-order valence-electron chi connectivity index (χ1n) is 19.2. The highest BCUT2D eigenvalue weighted by atomic mass is 35.5. The fraction of sp³-hybridized carbons (Fsp3) is 0.429. The normalized spacial score (nSPS) is 26.2. The largest absolute Gasteiger partial charge is 0.490 e. The fourth-order valence-corrected chi connectivity index (χ4v) is 9.87. The van der Waals surface area contributed by atoms with Crippen LogP contribution in [0.3, 0.4) is 0 Å². The minimum Gasteiger partial charge on any atom is -0.490 e. The number of piperidine rings is 2. The number of carbonyl (C=O) groups excluding carboxylic acids is 5. The van der Waals surface area contributed by atoms with Crippen LogP contribution in [0, 0.1) is 22.7 Å². The zero-order valence-electron chi connectivity index (χ0n) is 30.3. The van der Waals surface area contributed by atoms with Crippen molar-refractivity contribution in [2.24, 2.45) is 11.3 Å².